The summed E-state index contributed by atoms with van der Waals surface area (Å²) in [6, 6.07) is 5.20. The van der Waals surface area contributed by atoms with Crippen LogP contribution in [0.4, 0.5) is 5.69 Å². The Kier molecular flexibility index (Phi) is 2.45. The number of amides is 1. The summed E-state index contributed by atoms with van der Waals surface area (Å²) < 4.78 is 5.06. The molecule has 1 amide bonds. The van der Waals surface area contributed by atoms with E-state index < -0.39 is 5.76 Å². The first-order valence-corrected chi connectivity index (χ1v) is 5.72. The van der Waals surface area contributed by atoms with Crippen LogP contribution in [0.3, 0.4) is 0 Å². The van der Waals surface area contributed by atoms with E-state index >= 15 is 0 Å². The molecular weight excluding hydrogens is 236 g/mol. The number of H-pyrrole nitrogens is 1. The molecule has 94 valence electrons. The summed E-state index contributed by atoms with van der Waals surface area (Å²) in [5.41, 5.74) is 1.53. The van der Waals surface area contributed by atoms with Crippen molar-refractivity contribution in [2.45, 2.75) is 6.42 Å². The number of carbonyl (C=O) groups excluding carboxylic acids is 1. The van der Waals surface area contributed by atoms with Crippen molar-refractivity contribution in [3.63, 3.8) is 0 Å². The summed E-state index contributed by atoms with van der Waals surface area (Å²) >= 11 is 0. The lowest BCUT2D eigenvalue weighted by Crippen LogP contribution is -2.25. The molecule has 18 heavy (non-hydrogen) atoms. The lowest BCUT2D eigenvalue weighted by Gasteiger charge is -2.16. The predicted molar refractivity (Wildman–Crippen MR) is 64.4 cm³/mol. The number of hydrogen-bond donors (Lipinski definition) is 2. The number of anilines is 1. The minimum absolute atomic E-state index is 0.0185. The van der Waals surface area contributed by atoms with Gasteiger partial charge in [-0.2, -0.15) is 0 Å². The van der Waals surface area contributed by atoms with Gasteiger partial charge in [-0.25, -0.2) is 4.79 Å². The fraction of sp³-hybridized carbons (Fsp3) is 0.333. The zero-order chi connectivity index (χ0) is 12.7. The van der Waals surface area contributed by atoms with E-state index in [1.54, 1.807) is 23.1 Å². The maximum atomic E-state index is 11.9. The Labute approximate surface area is 102 Å². The van der Waals surface area contributed by atoms with Crippen LogP contribution in [0.1, 0.15) is 6.42 Å². The van der Waals surface area contributed by atoms with Gasteiger partial charge in [-0.3, -0.25) is 9.78 Å². The third kappa shape index (κ3) is 1.62. The first-order chi connectivity index (χ1) is 8.69. The first kappa shape index (κ1) is 11.0. The maximum absolute atomic E-state index is 11.9. The van der Waals surface area contributed by atoms with Gasteiger partial charge in [-0.05, 0) is 12.1 Å². The lowest BCUT2D eigenvalue weighted by atomic mass is 10.1. The first-order valence-electron chi connectivity index (χ1n) is 5.72. The summed E-state index contributed by atoms with van der Waals surface area (Å²) in [4.78, 5) is 27.2. The van der Waals surface area contributed by atoms with Crippen molar-refractivity contribution < 1.29 is 14.3 Å². The largest absolute Gasteiger partial charge is 0.417 e. The highest BCUT2D eigenvalue weighted by molar-refractivity contribution is 6.02. The number of aromatic amines is 1. The fourth-order valence-corrected chi connectivity index (χ4v) is 2.31. The Morgan fingerprint density at radius 2 is 2.28 bits per heavy atom. The van der Waals surface area contributed by atoms with Gasteiger partial charge in [-0.1, -0.05) is 6.07 Å². The molecule has 1 fully saturated rings. The van der Waals surface area contributed by atoms with E-state index in [1.807, 2.05) is 0 Å². The highest BCUT2D eigenvalue weighted by Crippen LogP contribution is 2.30. The van der Waals surface area contributed by atoms with Crippen molar-refractivity contribution in [3.05, 3.63) is 28.7 Å². The summed E-state index contributed by atoms with van der Waals surface area (Å²) in [7, 11) is 0. The molecule has 6 nitrogen and oxygen atoms in total. The molecule has 0 radical (unpaired) electrons. The fourth-order valence-electron chi connectivity index (χ4n) is 2.31. The van der Waals surface area contributed by atoms with E-state index in [1.165, 1.54) is 0 Å². The predicted octanol–water partition coefficient (Wildman–Crippen LogP) is 0.466. The average Bonchev–Trinajstić information content (AvgIpc) is 2.90. The van der Waals surface area contributed by atoms with Crippen molar-refractivity contribution in [1.29, 1.82) is 0 Å². The second kappa shape index (κ2) is 3.99. The van der Waals surface area contributed by atoms with Crippen molar-refractivity contribution in [3.8, 4) is 0 Å². The number of para-hydroxylation sites is 1. The van der Waals surface area contributed by atoms with Crippen LogP contribution in [0.2, 0.25) is 0 Å². The van der Waals surface area contributed by atoms with Crippen LogP contribution >= 0.6 is 0 Å². The molecule has 1 aromatic carbocycles. The number of benzene rings is 1. The molecule has 3 rings (SSSR count). The molecule has 2 N–H and O–H groups in total. The number of nitrogens with zero attached hydrogens (tertiary/aromatic N) is 1. The summed E-state index contributed by atoms with van der Waals surface area (Å²) in [5.74, 6) is -0.661. The number of aliphatic hydroxyl groups is 1. The topological polar surface area (TPSA) is 86.5 Å². The van der Waals surface area contributed by atoms with Gasteiger partial charge in [0.1, 0.15) is 0 Å². The highest BCUT2D eigenvalue weighted by atomic mass is 16.4. The number of aliphatic hydroxyl groups excluding tert-OH is 1. The van der Waals surface area contributed by atoms with Gasteiger partial charge < -0.3 is 14.4 Å². The van der Waals surface area contributed by atoms with Gasteiger partial charge in [0, 0.05) is 25.5 Å². The monoisotopic (exact) mass is 248 g/mol. The minimum atomic E-state index is -0.539. The number of hydrogen-bond acceptors (Lipinski definition) is 4. The Morgan fingerprint density at radius 3 is 3.00 bits per heavy atom. The quantitative estimate of drug-likeness (QED) is 0.808. The molecule has 1 saturated heterocycles. The number of nitrogens with one attached hydrogen (secondary N) is 1. The molecule has 1 aliphatic rings. The van der Waals surface area contributed by atoms with E-state index in [-0.39, 0.29) is 18.4 Å². The van der Waals surface area contributed by atoms with E-state index in [9.17, 15) is 9.59 Å². The smallest absolute Gasteiger partial charge is 0.406 e. The third-order valence-electron chi connectivity index (χ3n) is 3.18. The Morgan fingerprint density at radius 1 is 1.44 bits per heavy atom. The molecule has 1 aliphatic heterocycles. The summed E-state index contributed by atoms with van der Waals surface area (Å²) in [6.45, 7) is 0.429. The Balaban J connectivity index is 2.09. The van der Waals surface area contributed by atoms with E-state index in [0.717, 1.165) is 0 Å². The van der Waals surface area contributed by atoms with Gasteiger partial charge in [-0.15, -0.1) is 0 Å². The number of oxazole rings is 1. The molecule has 0 saturated carbocycles. The van der Waals surface area contributed by atoms with Crippen LogP contribution in [-0.2, 0) is 4.79 Å². The van der Waals surface area contributed by atoms with Crippen molar-refractivity contribution in [2.75, 3.05) is 18.1 Å². The Hall–Kier alpha value is -2.08. The molecule has 2 heterocycles. The molecule has 0 spiro atoms. The lowest BCUT2D eigenvalue weighted by molar-refractivity contribution is -0.117. The second-order valence-corrected chi connectivity index (χ2v) is 4.43. The van der Waals surface area contributed by atoms with Crippen LogP contribution in [0.5, 0.6) is 0 Å². The van der Waals surface area contributed by atoms with E-state index in [0.29, 0.717) is 29.8 Å². The summed E-state index contributed by atoms with van der Waals surface area (Å²) in [6.07, 6.45) is 0.321. The number of carbonyl (C=O) groups is 1. The second-order valence-electron chi connectivity index (χ2n) is 4.43. The molecule has 6 heteroatoms. The van der Waals surface area contributed by atoms with Crippen LogP contribution in [-0.4, -0.2) is 29.1 Å². The Bertz CT molecular complexity index is 657. The molecule has 0 bridgehead atoms. The van der Waals surface area contributed by atoms with E-state index in [2.05, 4.69) is 4.98 Å². The standard InChI is InChI=1S/C12H12N2O4/c15-6-7-4-10(16)14(5-7)9-3-1-2-8-11(9)18-12(17)13-8/h1-3,7,15H,4-6H2,(H,13,17). The van der Waals surface area contributed by atoms with Crippen LogP contribution in [0.25, 0.3) is 11.1 Å². The van der Waals surface area contributed by atoms with Gasteiger partial charge >= 0.3 is 5.76 Å². The number of fused-ring (bicyclic) bond motifs is 1. The normalized spacial score (nSPS) is 19.9. The number of aromatic nitrogens is 1. The average molecular weight is 248 g/mol. The van der Waals surface area contributed by atoms with Gasteiger partial charge in [0.05, 0.1) is 11.2 Å². The van der Waals surface area contributed by atoms with Crippen LogP contribution < -0.4 is 10.7 Å². The van der Waals surface area contributed by atoms with Crippen molar-refractivity contribution >= 4 is 22.7 Å². The van der Waals surface area contributed by atoms with E-state index in [4.69, 9.17) is 9.52 Å². The maximum Gasteiger partial charge on any atom is 0.417 e. The SMILES string of the molecule is O=C1CC(CO)CN1c1cccc2[nH]c(=O)oc12. The van der Waals surface area contributed by atoms with Crippen molar-refractivity contribution in [1.82, 2.24) is 4.98 Å². The van der Waals surface area contributed by atoms with Gasteiger partial charge in [0.2, 0.25) is 5.91 Å². The van der Waals surface area contributed by atoms with Crippen molar-refractivity contribution in [2.24, 2.45) is 5.92 Å². The minimum Gasteiger partial charge on any atom is -0.406 e. The van der Waals surface area contributed by atoms with Crippen LogP contribution in [0.15, 0.2) is 27.4 Å². The molecule has 2 aromatic rings. The molecule has 1 unspecified atom stereocenters. The summed E-state index contributed by atoms with van der Waals surface area (Å²) in [5, 5.41) is 9.11. The zero-order valence-corrected chi connectivity index (χ0v) is 9.55. The molecule has 1 aromatic heterocycles. The molecule has 1 atom stereocenters. The zero-order valence-electron chi connectivity index (χ0n) is 9.55. The van der Waals surface area contributed by atoms with Gasteiger partial charge in [0.25, 0.3) is 0 Å². The molecule has 0 aliphatic carbocycles. The third-order valence-corrected chi connectivity index (χ3v) is 3.18. The van der Waals surface area contributed by atoms with Crippen LogP contribution in [0, 0.1) is 5.92 Å². The van der Waals surface area contributed by atoms with Gasteiger partial charge in [0.15, 0.2) is 5.58 Å². The highest BCUT2D eigenvalue weighted by Gasteiger charge is 2.31. The number of rotatable bonds is 2. The molecular formula is C12H12N2O4.